The van der Waals surface area contributed by atoms with E-state index in [1.165, 1.54) is 0 Å². The molecule has 0 aliphatic carbocycles. The summed E-state index contributed by atoms with van der Waals surface area (Å²) in [6.07, 6.45) is 4.96. The summed E-state index contributed by atoms with van der Waals surface area (Å²) >= 11 is 0. The number of hydrogen-bond acceptors (Lipinski definition) is 3. The second kappa shape index (κ2) is 7.69. The fraction of sp³-hybridized carbons (Fsp3) is 0.320. The van der Waals surface area contributed by atoms with E-state index in [4.69, 9.17) is 4.98 Å². The monoisotopic (exact) mass is 414 g/mol. The molecule has 0 bridgehead atoms. The van der Waals surface area contributed by atoms with E-state index >= 15 is 0 Å². The zero-order valence-electron chi connectivity index (χ0n) is 17.9. The molecule has 1 unspecified atom stereocenters. The van der Waals surface area contributed by atoms with Gasteiger partial charge in [0, 0.05) is 25.3 Å². The molecule has 0 saturated carbocycles. The van der Waals surface area contributed by atoms with E-state index in [9.17, 15) is 9.59 Å². The SMILES string of the molecule is Cc1ccc2nc3c(cc(C(=O)N4CCCCC4C)n3Cc3ccccc3)c(=O)n2c1. The Hall–Kier alpha value is -3.41. The number of pyridine rings is 1. The van der Waals surface area contributed by atoms with Crippen LogP contribution < -0.4 is 5.56 Å². The first-order chi connectivity index (χ1) is 15.0. The minimum Gasteiger partial charge on any atom is -0.335 e. The Morgan fingerprint density at radius 1 is 1.13 bits per heavy atom. The number of aryl methyl sites for hydroxylation is 1. The number of rotatable bonds is 3. The van der Waals surface area contributed by atoms with Crippen molar-refractivity contribution in [3.8, 4) is 0 Å². The smallest absolute Gasteiger partial charge is 0.270 e. The summed E-state index contributed by atoms with van der Waals surface area (Å²) in [4.78, 5) is 33.7. The summed E-state index contributed by atoms with van der Waals surface area (Å²) in [6, 6.07) is 15.7. The molecule has 4 heterocycles. The quantitative estimate of drug-likeness (QED) is 0.509. The lowest BCUT2D eigenvalue weighted by molar-refractivity contribution is 0.0625. The fourth-order valence-electron chi connectivity index (χ4n) is 4.56. The number of likely N-dealkylation sites (tertiary alicyclic amines) is 1. The fourth-order valence-corrected chi connectivity index (χ4v) is 4.56. The van der Waals surface area contributed by atoms with Crippen LogP contribution in [0.15, 0.2) is 59.5 Å². The second-order valence-electron chi connectivity index (χ2n) is 8.53. The molecule has 0 radical (unpaired) electrons. The van der Waals surface area contributed by atoms with Crippen LogP contribution in [0.25, 0.3) is 16.7 Å². The number of benzene rings is 1. The average Bonchev–Trinajstić information content (AvgIpc) is 3.13. The van der Waals surface area contributed by atoms with Gasteiger partial charge in [0.15, 0.2) is 0 Å². The zero-order valence-corrected chi connectivity index (χ0v) is 17.9. The van der Waals surface area contributed by atoms with Crippen molar-refractivity contribution in [2.45, 2.75) is 45.7 Å². The maximum atomic E-state index is 13.6. The summed E-state index contributed by atoms with van der Waals surface area (Å²) in [7, 11) is 0. The third kappa shape index (κ3) is 3.42. The van der Waals surface area contributed by atoms with Crippen molar-refractivity contribution in [3.63, 3.8) is 0 Å². The van der Waals surface area contributed by atoms with E-state index in [1.54, 1.807) is 16.7 Å². The number of aromatic nitrogens is 3. The molecule has 1 aliphatic heterocycles. The van der Waals surface area contributed by atoms with Crippen molar-refractivity contribution >= 4 is 22.6 Å². The van der Waals surface area contributed by atoms with Crippen LogP contribution in [0, 0.1) is 6.92 Å². The van der Waals surface area contributed by atoms with Crippen LogP contribution in [0.4, 0.5) is 0 Å². The Morgan fingerprint density at radius 2 is 1.94 bits per heavy atom. The van der Waals surface area contributed by atoms with Crippen molar-refractivity contribution < 1.29 is 4.79 Å². The highest BCUT2D eigenvalue weighted by Gasteiger charge is 2.28. The molecule has 0 spiro atoms. The van der Waals surface area contributed by atoms with Gasteiger partial charge in [-0.05, 0) is 56.4 Å². The first kappa shape index (κ1) is 19.5. The number of carbonyl (C=O) groups excluding carboxylic acids is 1. The van der Waals surface area contributed by atoms with Crippen LogP contribution in [-0.2, 0) is 6.54 Å². The van der Waals surface area contributed by atoms with Crippen LogP contribution in [0.3, 0.4) is 0 Å². The van der Waals surface area contributed by atoms with Crippen LogP contribution >= 0.6 is 0 Å². The van der Waals surface area contributed by atoms with Crippen molar-refractivity contribution in [2.24, 2.45) is 0 Å². The van der Waals surface area contributed by atoms with Crippen molar-refractivity contribution in [3.05, 3.63) is 81.9 Å². The topological polar surface area (TPSA) is 59.6 Å². The molecule has 1 aromatic carbocycles. The number of fused-ring (bicyclic) bond motifs is 2. The molecule has 3 aromatic heterocycles. The molecule has 5 rings (SSSR count). The Labute approximate surface area is 180 Å². The first-order valence-corrected chi connectivity index (χ1v) is 10.9. The van der Waals surface area contributed by atoms with Crippen LogP contribution in [-0.4, -0.2) is 37.3 Å². The van der Waals surface area contributed by atoms with Gasteiger partial charge in [-0.1, -0.05) is 36.4 Å². The molecule has 1 fully saturated rings. The van der Waals surface area contributed by atoms with Gasteiger partial charge in [-0.3, -0.25) is 14.0 Å². The lowest BCUT2D eigenvalue weighted by atomic mass is 10.0. The third-order valence-corrected chi connectivity index (χ3v) is 6.28. The first-order valence-electron chi connectivity index (χ1n) is 10.9. The summed E-state index contributed by atoms with van der Waals surface area (Å²) < 4.78 is 3.48. The van der Waals surface area contributed by atoms with Gasteiger partial charge in [0.05, 0.1) is 5.39 Å². The Kier molecular flexibility index (Phi) is 4.85. The predicted molar refractivity (Wildman–Crippen MR) is 122 cm³/mol. The minimum absolute atomic E-state index is 0.0224. The predicted octanol–water partition coefficient (Wildman–Crippen LogP) is 4.02. The van der Waals surface area contributed by atoms with Crippen molar-refractivity contribution in [2.75, 3.05) is 6.54 Å². The Morgan fingerprint density at radius 3 is 2.71 bits per heavy atom. The number of piperidine rings is 1. The van der Waals surface area contributed by atoms with Crippen LogP contribution in [0.2, 0.25) is 0 Å². The van der Waals surface area contributed by atoms with E-state index in [-0.39, 0.29) is 17.5 Å². The van der Waals surface area contributed by atoms with E-state index < -0.39 is 0 Å². The van der Waals surface area contributed by atoms with Gasteiger partial charge in [0.2, 0.25) is 0 Å². The summed E-state index contributed by atoms with van der Waals surface area (Å²) in [6.45, 7) is 5.29. The van der Waals surface area contributed by atoms with Gasteiger partial charge in [-0.25, -0.2) is 4.98 Å². The highest BCUT2D eigenvalue weighted by atomic mass is 16.2. The van der Waals surface area contributed by atoms with Gasteiger partial charge in [-0.2, -0.15) is 0 Å². The van der Waals surface area contributed by atoms with Crippen LogP contribution in [0.1, 0.15) is 47.8 Å². The van der Waals surface area contributed by atoms with Gasteiger partial charge < -0.3 is 9.47 Å². The number of hydrogen-bond donors (Lipinski definition) is 0. The molecule has 0 N–H and O–H groups in total. The minimum atomic E-state index is -0.142. The van der Waals surface area contributed by atoms with E-state index in [2.05, 4.69) is 6.92 Å². The number of carbonyl (C=O) groups is 1. The average molecular weight is 415 g/mol. The molecule has 1 saturated heterocycles. The van der Waals surface area contributed by atoms with E-state index in [1.807, 2.05) is 58.9 Å². The molecule has 1 atom stereocenters. The lowest BCUT2D eigenvalue weighted by Crippen LogP contribution is -2.42. The van der Waals surface area contributed by atoms with Gasteiger partial charge in [0.1, 0.15) is 17.0 Å². The maximum Gasteiger partial charge on any atom is 0.270 e. The largest absolute Gasteiger partial charge is 0.335 e. The molecule has 4 aromatic rings. The number of nitrogens with zero attached hydrogens (tertiary/aromatic N) is 4. The molecule has 31 heavy (non-hydrogen) atoms. The van der Waals surface area contributed by atoms with E-state index in [0.29, 0.717) is 28.9 Å². The number of amides is 1. The van der Waals surface area contributed by atoms with Gasteiger partial charge in [-0.15, -0.1) is 0 Å². The van der Waals surface area contributed by atoms with Crippen LogP contribution in [0.5, 0.6) is 0 Å². The van der Waals surface area contributed by atoms with E-state index in [0.717, 1.165) is 36.9 Å². The molecule has 1 amide bonds. The zero-order chi connectivity index (χ0) is 21.5. The normalized spacial score (nSPS) is 16.8. The van der Waals surface area contributed by atoms with Crippen molar-refractivity contribution in [1.29, 1.82) is 0 Å². The highest BCUT2D eigenvalue weighted by Crippen LogP contribution is 2.24. The molecule has 6 heteroatoms. The van der Waals surface area contributed by atoms with Gasteiger partial charge in [0.25, 0.3) is 11.5 Å². The van der Waals surface area contributed by atoms with Gasteiger partial charge >= 0.3 is 0 Å². The summed E-state index contributed by atoms with van der Waals surface area (Å²) in [5.41, 5.74) is 3.58. The molecule has 158 valence electrons. The molecular formula is C25H26N4O2. The third-order valence-electron chi connectivity index (χ3n) is 6.28. The van der Waals surface area contributed by atoms with Crippen molar-refractivity contribution in [1.82, 2.24) is 18.9 Å². The molecule has 6 nitrogen and oxygen atoms in total. The molecular weight excluding hydrogens is 388 g/mol. The summed E-state index contributed by atoms with van der Waals surface area (Å²) in [5.74, 6) is -0.0224. The second-order valence-corrected chi connectivity index (χ2v) is 8.53. The maximum absolute atomic E-state index is 13.6. The highest BCUT2D eigenvalue weighted by molar-refractivity contribution is 5.98. The Bertz CT molecular complexity index is 1340. The standard InChI is InChI=1S/C25H26N4O2/c1-17-11-12-22-26-23-20(24(30)29(22)15-17)14-21(25(31)27-13-7-6-8-18(27)2)28(23)16-19-9-4-3-5-10-19/h3-5,9-12,14-15,18H,6-8,13,16H2,1-2H3. The Balaban J connectivity index is 1.73. The summed E-state index contributed by atoms with van der Waals surface area (Å²) in [5, 5.41) is 0.479. The molecule has 1 aliphatic rings. The lowest BCUT2D eigenvalue weighted by Gasteiger charge is -2.33.